The Kier molecular flexibility index (Phi) is 5.69. The van der Waals surface area contributed by atoms with Crippen LogP contribution in [0.25, 0.3) is 16.7 Å². The van der Waals surface area contributed by atoms with Crippen LogP contribution in [0.2, 0.25) is 0 Å². The molecule has 0 spiro atoms. The van der Waals surface area contributed by atoms with Gasteiger partial charge >= 0.3 is 0 Å². The van der Waals surface area contributed by atoms with E-state index in [4.69, 9.17) is 0 Å². The quantitative estimate of drug-likeness (QED) is 0.222. The van der Waals surface area contributed by atoms with Gasteiger partial charge in [-0.25, -0.2) is 0 Å². The number of benzene rings is 5. The van der Waals surface area contributed by atoms with Crippen molar-refractivity contribution in [1.29, 1.82) is 0 Å². The molecule has 180 valence electrons. The Morgan fingerprint density at radius 1 is 0.405 bits per heavy atom. The molecule has 5 aromatic carbocycles. The van der Waals surface area contributed by atoms with Crippen molar-refractivity contribution in [2.45, 2.75) is 31.6 Å². The minimum Gasteiger partial charge on any atom is -0.0622 e. The van der Waals surface area contributed by atoms with Crippen LogP contribution in [0.5, 0.6) is 0 Å². The van der Waals surface area contributed by atoms with Crippen LogP contribution in [-0.4, -0.2) is 0 Å². The van der Waals surface area contributed by atoms with Crippen molar-refractivity contribution in [3.63, 3.8) is 0 Å². The van der Waals surface area contributed by atoms with Gasteiger partial charge in [-0.15, -0.1) is 0 Å². The fraction of sp³-hybridized carbons (Fsp3) is 0.135. The summed E-state index contributed by atoms with van der Waals surface area (Å²) < 4.78 is 0. The Morgan fingerprint density at radius 3 is 1.32 bits per heavy atom. The van der Waals surface area contributed by atoms with Crippen molar-refractivity contribution < 1.29 is 0 Å². The minimum atomic E-state index is -0.453. The number of fused-ring (bicyclic) bond motifs is 3. The molecule has 1 aliphatic carbocycles. The van der Waals surface area contributed by atoms with Gasteiger partial charge in [0.25, 0.3) is 0 Å². The Balaban J connectivity index is 1.74. The summed E-state index contributed by atoms with van der Waals surface area (Å²) in [6.45, 7) is 6.88. The van der Waals surface area contributed by atoms with E-state index in [2.05, 4.69) is 160 Å². The Bertz CT molecular complexity index is 1470. The van der Waals surface area contributed by atoms with Crippen molar-refractivity contribution in [3.05, 3.63) is 173 Å². The van der Waals surface area contributed by atoms with Crippen LogP contribution in [0, 0.1) is 0 Å². The molecule has 0 bridgehead atoms. The summed E-state index contributed by atoms with van der Waals surface area (Å²) in [5, 5.41) is 0. The van der Waals surface area contributed by atoms with E-state index in [0.29, 0.717) is 0 Å². The summed E-state index contributed by atoms with van der Waals surface area (Å²) in [5.41, 5.74) is 11.3. The van der Waals surface area contributed by atoms with E-state index in [1.54, 1.807) is 0 Å². The molecule has 0 saturated heterocycles. The van der Waals surface area contributed by atoms with Crippen molar-refractivity contribution in [2.75, 3.05) is 0 Å². The molecule has 0 heteroatoms. The standard InChI is InChI=1S/C37H32/c1-36(2,3)30-23-24-33-31-21-13-14-22-32(31)35(34(33)25-30)26-37(27-15-7-4-8-16-27,28-17-9-5-10-18-28)29-19-11-6-12-20-29/h4-26H,1-3H3. The second kappa shape index (κ2) is 9.05. The molecule has 37 heavy (non-hydrogen) atoms. The van der Waals surface area contributed by atoms with E-state index in [1.165, 1.54) is 50.1 Å². The van der Waals surface area contributed by atoms with Crippen LogP contribution >= 0.6 is 0 Å². The largest absolute Gasteiger partial charge is 0.0641 e. The lowest BCUT2D eigenvalue weighted by Crippen LogP contribution is -2.27. The summed E-state index contributed by atoms with van der Waals surface area (Å²) in [4.78, 5) is 0. The average molecular weight is 477 g/mol. The number of rotatable bonds is 4. The molecular weight excluding hydrogens is 444 g/mol. The van der Waals surface area contributed by atoms with Gasteiger partial charge in [0.05, 0.1) is 5.41 Å². The summed E-state index contributed by atoms with van der Waals surface area (Å²) in [5.74, 6) is 0. The highest BCUT2D eigenvalue weighted by Gasteiger charge is 2.37. The van der Waals surface area contributed by atoms with Crippen molar-refractivity contribution in [2.24, 2.45) is 0 Å². The molecule has 5 aromatic rings. The van der Waals surface area contributed by atoms with Crippen LogP contribution in [0.1, 0.15) is 54.2 Å². The molecule has 1 aliphatic rings. The van der Waals surface area contributed by atoms with Crippen LogP contribution in [0.3, 0.4) is 0 Å². The molecule has 6 rings (SSSR count). The first-order valence-electron chi connectivity index (χ1n) is 13.1. The molecule has 0 amide bonds. The lowest BCUT2D eigenvalue weighted by atomic mass is 9.68. The van der Waals surface area contributed by atoms with Gasteiger partial charge in [-0.1, -0.05) is 154 Å². The Hall–Kier alpha value is -4.16. The van der Waals surface area contributed by atoms with E-state index in [9.17, 15) is 0 Å². The van der Waals surface area contributed by atoms with Gasteiger partial charge in [0.2, 0.25) is 0 Å². The van der Waals surface area contributed by atoms with E-state index >= 15 is 0 Å². The molecule has 0 aliphatic heterocycles. The van der Waals surface area contributed by atoms with Crippen LogP contribution < -0.4 is 0 Å². The highest BCUT2D eigenvalue weighted by molar-refractivity contribution is 6.02. The van der Waals surface area contributed by atoms with E-state index < -0.39 is 5.41 Å². The van der Waals surface area contributed by atoms with Gasteiger partial charge in [0.15, 0.2) is 0 Å². The zero-order valence-electron chi connectivity index (χ0n) is 21.8. The lowest BCUT2D eigenvalue weighted by molar-refractivity contribution is 0.590. The predicted octanol–water partition coefficient (Wildman–Crippen LogP) is 9.43. The highest BCUT2D eigenvalue weighted by atomic mass is 14.4. The Morgan fingerprint density at radius 2 is 0.838 bits per heavy atom. The van der Waals surface area contributed by atoms with E-state index in [0.717, 1.165) is 0 Å². The first-order chi connectivity index (χ1) is 18.0. The fourth-order valence-corrected chi connectivity index (χ4v) is 5.79. The van der Waals surface area contributed by atoms with Crippen molar-refractivity contribution in [1.82, 2.24) is 0 Å². The summed E-state index contributed by atoms with van der Waals surface area (Å²) >= 11 is 0. The summed E-state index contributed by atoms with van der Waals surface area (Å²) in [7, 11) is 0. The topological polar surface area (TPSA) is 0 Å². The SMILES string of the molecule is CC(C)(C)c1ccc2c(c1)C(=CC(c1ccccc1)(c1ccccc1)c1ccccc1)c1ccccc1-2. The van der Waals surface area contributed by atoms with Crippen LogP contribution in [-0.2, 0) is 10.8 Å². The third-order valence-electron chi connectivity index (χ3n) is 7.73. The second-order valence-electron chi connectivity index (χ2n) is 11.0. The molecule has 0 fully saturated rings. The highest BCUT2D eigenvalue weighted by Crippen LogP contribution is 2.50. The zero-order valence-corrected chi connectivity index (χ0v) is 21.8. The van der Waals surface area contributed by atoms with Gasteiger partial charge in [-0.2, -0.15) is 0 Å². The van der Waals surface area contributed by atoms with E-state index in [-0.39, 0.29) is 5.41 Å². The number of allylic oxidation sites excluding steroid dienone is 1. The molecule has 0 heterocycles. The van der Waals surface area contributed by atoms with Gasteiger partial charge < -0.3 is 0 Å². The fourth-order valence-electron chi connectivity index (χ4n) is 5.79. The maximum absolute atomic E-state index is 2.53. The van der Waals surface area contributed by atoms with Crippen LogP contribution in [0.15, 0.2) is 140 Å². The van der Waals surface area contributed by atoms with Gasteiger partial charge in [-0.3, -0.25) is 0 Å². The molecule has 0 saturated carbocycles. The molecule has 0 unspecified atom stereocenters. The maximum atomic E-state index is 2.53. The molecular formula is C37H32. The normalized spacial score (nSPS) is 13.9. The lowest BCUT2D eigenvalue weighted by Gasteiger charge is -2.34. The van der Waals surface area contributed by atoms with E-state index in [1.807, 2.05) is 0 Å². The zero-order chi connectivity index (χ0) is 25.5. The van der Waals surface area contributed by atoms with Gasteiger partial charge in [-0.05, 0) is 61.6 Å². The molecule has 0 nitrogen and oxygen atoms in total. The minimum absolute atomic E-state index is 0.0737. The van der Waals surface area contributed by atoms with Crippen molar-refractivity contribution >= 4 is 5.57 Å². The average Bonchev–Trinajstić information content (AvgIpc) is 3.25. The smallest absolute Gasteiger partial charge is 0.0622 e. The van der Waals surface area contributed by atoms with Gasteiger partial charge in [0, 0.05) is 0 Å². The predicted molar refractivity (Wildman–Crippen MR) is 157 cm³/mol. The molecule has 0 atom stereocenters. The number of hydrogen-bond acceptors (Lipinski definition) is 0. The summed E-state index contributed by atoms with van der Waals surface area (Å²) in [6, 6.07) is 48.8. The number of hydrogen-bond donors (Lipinski definition) is 0. The molecule has 0 radical (unpaired) electrons. The van der Waals surface area contributed by atoms with Crippen LogP contribution in [0.4, 0.5) is 0 Å². The third kappa shape index (κ3) is 3.94. The molecule has 0 N–H and O–H groups in total. The first kappa shape index (κ1) is 23.3. The van der Waals surface area contributed by atoms with Gasteiger partial charge in [0.1, 0.15) is 0 Å². The monoisotopic (exact) mass is 476 g/mol. The molecule has 0 aromatic heterocycles. The second-order valence-corrected chi connectivity index (χ2v) is 11.0. The summed E-state index contributed by atoms with van der Waals surface area (Å²) in [6.07, 6.45) is 2.53. The maximum Gasteiger partial charge on any atom is 0.0641 e. The first-order valence-corrected chi connectivity index (χ1v) is 13.1. The third-order valence-corrected chi connectivity index (χ3v) is 7.73. The Labute approximate surface area is 221 Å². The van der Waals surface area contributed by atoms with Crippen molar-refractivity contribution in [3.8, 4) is 11.1 Å².